The summed E-state index contributed by atoms with van der Waals surface area (Å²) in [6.45, 7) is -3.65. The highest BCUT2D eigenvalue weighted by atomic mass is 19.3. The van der Waals surface area contributed by atoms with E-state index in [9.17, 15) is 23.2 Å². The lowest BCUT2D eigenvalue weighted by Gasteiger charge is -2.06. The van der Waals surface area contributed by atoms with Gasteiger partial charge in [0.2, 0.25) is 0 Å². The molecule has 2 rings (SSSR count). The lowest BCUT2D eigenvalue weighted by atomic mass is 10.2. The number of carbonyl (C=O) groups is 3. The van der Waals surface area contributed by atoms with Gasteiger partial charge >= 0.3 is 12.6 Å². The highest BCUT2D eigenvalue weighted by Gasteiger charge is 2.12. The van der Waals surface area contributed by atoms with E-state index in [-0.39, 0.29) is 11.3 Å². The molecule has 1 N–H and O–H groups in total. The summed E-state index contributed by atoms with van der Waals surface area (Å²) < 4.78 is 37.9. The molecule has 9 heteroatoms. The van der Waals surface area contributed by atoms with Crippen LogP contribution in [0.25, 0.3) is 6.08 Å². The minimum atomic E-state index is -2.98. The molecule has 1 heterocycles. The lowest BCUT2D eigenvalue weighted by molar-refractivity contribution is -0.143. The molecule has 0 saturated heterocycles. The first kappa shape index (κ1) is 18.8. The summed E-state index contributed by atoms with van der Waals surface area (Å²) in [5.41, 5.74) is 0.0454. The maximum Gasteiger partial charge on any atom is 0.387 e. The molecule has 0 fully saturated rings. The first-order valence-electron chi connectivity index (χ1n) is 7.21. The minimum Gasteiger partial charge on any atom is -0.465 e. The monoisotopic (exact) mass is 365 g/mol. The van der Waals surface area contributed by atoms with E-state index in [1.165, 1.54) is 24.5 Å². The highest BCUT2D eigenvalue weighted by molar-refractivity contribution is 6.05. The molecule has 0 bridgehead atoms. The Bertz CT molecular complexity index is 784. The molecule has 0 radical (unpaired) electrons. The fourth-order valence-corrected chi connectivity index (χ4v) is 1.74. The molecule has 7 nitrogen and oxygen atoms in total. The number of hydrogen-bond acceptors (Lipinski definition) is 6. The van der Waals surface area contributed by atoms with E-state index in [1.807, 2.05) is 5.32 Å². The van der Waals surface area contributed by atoms with Gasteiger partial charge in [0, 0.05) is 11.6 Å². The molecule has 0 unspecified atom stereocenters. The predicted molar refractivity (Wildman–Crippen MR) is 84.2 cm³/mol. The number of carbonyl (C=O) groups excluding carboxylic acids is 3. The van der Waals surface area contributed by atoms with Crippen LogP contribution in [-0.4, -0.2) is 31.0 Å². The molecule has 0 aliphatic heterocycles. The second-order valence-electron chi connectivity index (χ2n) is 4.74. The molecule has 136 valence electrons. The number of halogens is 2. The quantitative estimate of drug-likeness (QED) is 0.598. The summed E-state index contributed by atoms with van der Waals surface area (Å²) in [6.07, 6.45) is 3.85. The van der Waals surface area contributed by atoms with Crippen LogP contribution in [0.4, 0.5) is 8.78 Å². The van der Waals surface area contributed by atoms with Crippen molar-refractivity contribution in [2.24, 2.45) is 0 Å². The molecule has 0 aliphatic rings. The van der Waals surface area contributed by atoms with E-state index in [4.69, 9.17) is 4.42 Å². The zero-order valence-electron chi connectivity index (χ0n) is 13.2. The van der Waals surface area contributed by atoms with E-state index in [0.717, 1.165) is 18.2 Å². The molecule has 0 atom stereocenters. The minimum absolute atomic E-state index is 0.0454. The second kappa shape index (κ2) is 9.11. The van der Waals surface area contributed by atoms with E-state index in [1.54, 1.807) is 12.1 Å². The van der Waals surface area contributed by atoms with Gasteiger partial charge in [-0.1, -0.05) is 0 Å². The van der Waals surface area contributed by atoms with Crippen LogP contribution in [0.5, 0.6) is 5.75 Å². The number of esters is 1. The van der Waals surface area contributed by atoms with Crippen molar-refractivity contribution in [3.63, 3.8) is 0 Å². The lowest BCUT2D eigenvalue weighted by Crippen LogP contribution is -2.34. The van der Waals surface area contributed by atoms with E-state index in [0.29, 0.717) is 5.76 Å². The average Bonchev–Trinajstić information content (AvgIpc) is 3.11. The molecule has 2 amide bonds. The van der Waals surface area contributed by atoms with Crippen molar-refractivity contribution in [3.05, 3.63) is 60.1 Å². The second-order valence-corrected chi connectivity index (χ2v) is 4.74. The Kier molecular flexibility index (Phi) is 6.60. The molecule has 0 spiro atoms. The topological polar surface area (TPSA) is 94.8 Å². The summed E-state index contributed by atoms with van der Waals surface area (Å²) in [6, 6.07) is 7.98. The number of alkyl halides is 2. The summed E-state index contributed by atoms with van der Waals surface area (Å²) in [4.78, 5) is 34.9. The molecule has 0 aliphatic carbocycles. The van der Waals surface area contributed by atoms with Gasteiger partial charge < -0.3 is 13.9 Å². The van der Waals surface area contributed by atoms with Crippen LogP contribution in [0.2, 0.25) is 0 Å². The number of hydrogen-bond donors (Lipinski definition) is 1. The van der Waals surface area contributed by atoms with E-state index in [2.05, 4.69) is 9.47 Å². The van der Waals surface area contributed by atoms with Gasteiger partial charge in [0.15, 0.2) is 6.61 Å². The maximum atomic E-state index is 12.0. The molecule has 1 aromatic heterocycles. The largest absolute Gasteiger partial charge is 0.465 e. The van der Waals surface area contributed by atoms with Crippen molar-refractivity contribution in [3.8, 4) is 5.75 Å². The van der Waals surface area contributed by atoms with Gasteiger partial charge in [-0.05, 0) is 42.5 Å². The van der Waals surface area contributed by atoms with Gasteiger partial charge in [-0.15, -0.1) is 0 Å². The van der Waals surface area contributed by atoms with Crippen LogP contribution < -0.4 is 10.1 Å². The first-order chi connectivity index (χ1) is 12.4. The number of rotatable bonds is 7. The summed E-state index contributed by atoms with van der Waals surface area (Å²) >= 11 is 0. The molecular weight excluding hydrogens is 352 g/mol. The number of ether oxygens (including phenoxy) is 2. The third kappa shape index (κ3) is 6.19. The van der Waals surface area contributed by atoms with Crippen molar-refractivity contribution in [2.75, 3.05) is 6.61 Å². The van der Waals surface area contributed by atoms with Gasteiger partial charge in [0.05, 0.1) is 6.26 Å². The fourth-order valence-electron chi connectivity index (χ4n) is 1.74. The number of nitrogens with one attached hydrogen (secondary N) is 1. The zero-order chi connectivity index (χ0) is 18.9. The third-order valence-corrected chi connectivity index (χ3v) is 2.87. The highest BCUT2D eigenvalue weighted by Crippen LogP contribution is 2.14. The van der Waals surface area contributed by atoms with Gasteiger partial charge in [0.25, 0.3) is 11.8 Å². The Balaban J connectivity index is 1.77. The van der Waals surface area contributed by atoms with Crippen LogP contribution in [0.1, 0.15) is 16.1 Å². The summed E-state index contributed by atoms with van der Waals surface area (Å²) in [5.74, 6) is -2.11. The Hall–Kier alpha value is -3.49. The number of amides is 2. The third-order valence-electron chi connectivity index (χ3n) is 2.87. The van der Waals surface area contributed by atoms with Gasteiger partial charge in [-0.3, -0.25) is 14.9 Å². The van der Waals surface area contributed by atoms with E-state index >= 15 is 0 Å². The fraction of sp³-hybridized carbons (Fsp3) is 0.118. The van der Waals surface area contributed by atoms with Gasteiger partial charge in [-0.25, -0.2) is 4.79 Å². The van der Waals surface area contributed by atoms with E-state index < -0.39 is 31.0 Å². The molecule has 0 saturated carbocycles. The molecule has 26 heavy (non-hydrogen) atoms. The van der Waals surface area contributed by atoms with Crippen molar-refractivity contribution in [2.45, 2.75) is 6.61 Å². The van der Waals surface area contributed by atoms with Crippen molar-refractivity contribution >= 4 is 23.9 Å². The van der Waals surface area contributed by atoms with Crippen LogP contribution in [0.15, 0.2) is 53.2 Å². The van der Waals surface area contributed by atoms with Gasteiger partial charge in [-0.2, -0.15) is 8.78 Å². The molecule has 2 aromatic rings. The number of imide groups is 1. The van der Waals surface area contributed by atoms with Crippen molar-refractivity contribution in [1.29, 1.82) is 0 Å². The SMILES string of the molecule is O=C(COC(=O)/C=C/c1ccco1)NC(=O)c1ccc(OC(F)F)cc1. The van der Waals surface area contributed by atoms with Crippen molar-refractivity contribution in [1.82, 2.24) is 5.32 Å². The Morgan fingerprint density at radius 2 is 1.88 bits per heavy atom. The zero-order valence-corrected chi connectivity index (χ0v) is 13.2. The van der Waals surface area contributed by atoms with Gasteiger partial charge in [0.1, 0.15) is 11.5 Å². The van der Waals surface area contributed by atoms with Crippen LogP contribution in [0, 0.1) is 0 Å². The molecular formula is C17H13F2NO6. The van der Waals surface area contributed by atoms with Crippen LogP contribution in [0.3, 0.4) is 0 Å². The number of benzene rings is 1. The Morgan fingerprint density at radius 3 is 2.50 bits per heavy atom. The Labute approximate surface area is 146 Å². The summed E-state index contributed by atoms with van der Waals surface area (Å²) in [7, 11) is 0. The van der Waals surface area contributed by atoms with Crippen LogP contribution in [-0.2, 0) is 14.3 Å². The summed E-state index contributed by atoms with van der Waals surface area (Å²) in [5, 5.41) is 1.99. The maximum absolute atomic E-state index is 12.0. The first-order valence-corrected chi connectivity index (χ1v) is 7.21. The number of furan rings is 1. The average molecular weight is 365 g/mol. The molecule has 1 aromatic carbocycles. The Morgan fingerprint density at radius 1 is 1.15 bits per heavy atom. The standard InChI is InChI=1S/C17H13F2NO6/c18-17(19)26-13-5-3-11(4-6-13)16(23)20-14(21)10-25-15(22)8-7-12-2-1-9-24-12/h1-9,17H,10H2,(H,20,21,23)/b8-7+. The predicted octanol–water partition coefficient (Wildman–Crippen LogP) is 2.39. The van der Waals surface area contributed by atoms with Crippen molar-refractivity contribution < 1.29 is 37.1 Å². The normalized spacial score (nSPS) is 10.7. The smallest absolute Gasteiger partial charge is 0.387 e. The van der Waals surface area contributed by atoms with Crippen LogP contribution >= 0.6 is 0 Å².